The fraction of sp³-hybridized carbons (Fsp3) is 0.944. The van der Waals surface area contributed by atoms with Crippen LogP contribution in [0, 0.1) is 11.8 Å². The molecule has 0 aromatic heterocycles. The third kappa shape index (κ3) is 9.82. The first-order valence-corrected chi connectivity index (χ1v) is 9.07. The number of rotatable bonds is 9. The van der Waals surface area contributed by atoms with Gasteiger partial charge in [-0.1, -0.05) is 26.7 Å². The van der Waals surface area contributed by atoms with Gasteiger partial charge < -0.3 is 20.1 Å². The number of hydrogen-bond acceptors (Lipinski definition) is 4. The Balaban J connectivity index is 2.14. The highest BCUT2D eigenvalue weighted by atomic mass is 16.6. The third-order valence-electron chi connectivity index (χ3n) is 4.19. The van der Waals surface area contributed by atoms with Crippen molar-refractivity contribution in [3.05, 3.63) is 0 Å². The van der Waals surface area contributed by atoms with Gasteiger partial charge in [-0.3, -0.25) is 0 Å². The van der Waals surface area contributed by atoms with Gasteiger partial charge in [-0.2, -0.15) is 0 Å². The molecule has 2 N–H and O–H groups in total. The van der Waals surface area contributed by atoms with E-state index in [1.165, 1.54) is 25.7 Å². The molecule has 0 heterocycles. The molecule has 5 heteroatoms. The molecule has 0 saturated heterocycles. The maximum atomic E-state index is 11.7. The summed E-state index contributed by atoms with van der Waals surface area (Å²) >= 11 is 0. The molecular formula is C18H36N2O3. The Hall–Kier alpha value is -0.810. The monoisotopic (exact) mass is 328 g/mol. The third-order valence-corrected chi connectivity index (χ3v) is 4.19. The molecule has 0 spiro atoms. The van der Waals surface area contributed by atoms with E-state index in [4.69, 9.17) is 9.47 Å². The molecule has 23 heavy (non-hydrogen) atoms. The van der Waals surface area contributed by atoms with E-state index in [0.29, 0.717) is 24.5 Å². The van der Waals surface area contributed by atoms with E-state index in [-0.39, 0.29) is 6.09 Å². The molecule has 1 unspecified atom stereocenters. The molecule has 0 aromatic carbocycles. The first-order chi connectivity index (χ1) is 10.8. The summed E-state index contributed by atoms with van der Waals surface area (Å²) in [4.78, 5) is 11.7. The Bertz CT molecular complexity index is 334. The van der Waals surface area contributed by atoms with Gasteiger partial charge in [-0.05, 0) is 52.0 Å². The molecule has 1 amide bonds. The number of hydrogen-bond donors (Lipinski definition) is 2. The van der Waals surface area contributed by atoms with Crippen LogP contribution < -0.4 is 10.6 Å². The first-order valence-electron chi connectivity index (χ1n) is 9.07. The molecule has 0 bridgehead atoms. The minimum absolute atomic E-state index is 0.340. The summed E-state index contributed by atoms with van der Waals surface area (Å²) in [5.41, 5.74) is -0.451. The van der Waals surface area contributed by atoms with Gasteiger partial charge in [0.25, 0.3) is 0 Å². The van der Waals surface area contributed by atoms with E-state index in [1.807, 2.05) is 20.8 Å². The van der Waals surface area contributed by atoms with E-state index in [9.17, 15) is 4.79 Å². The van der Waals surface area contributed by atoms with Crippen molar-refractivity contribution < 1.29 is 14.3 Å². The normalized spacial score (nSPS) is 17.5. The highest BCUT2D eigenvalue weighted by Gasteiger charge is 2.19. The maximum absolute atomic E-state index is 11.7. The molecule has 1 rings (SSSR count). The number of carbonyl (C=O) groups excluding carboxylic acids is 1. The maximum Gasteiger partial charge on any atom is 0.407 e. The van der Waals surface area contributed by atoms with Crippen LogP contribution in [0.2, 0.25) is 0 Å². The van der Waals surface area contributed by atoms with Crippen molar-refractivity contribution in [3.8, 4) is 0 Å². The lowest BCUT2D eigenvalue weighted by Crippen LogP contribution is -2.40. The SMILES string of the molecule is CC(C)C(CNCCOC1CCCC1)CNC(=O)OC(C)(C)C. The zero-order valence-corrected chi connectivity index (χ0v) is 15.6. The second-order valence-corrected chi connectivity index (χ2v) is 7.87. The van der Waals surface area contributed by atoms with Gasteiger partial charge in [-0.15, -0.1) is 0 Å². The van der Waals surface area contributed by atoms with Crippen molar-refractivity contribution in [2.45, 2.75) is 72.0 Å². The largest absolute Gasteiger partial charge is 0.444 e. The summed E-state index contributed by atoms with van der Waals surface area (Å²) in [6, 6.07) is 0. The standard InChI is InChI=1S/C18H36N2O3/c1-14(2)15(13-20-17(21)23-18(3,4)5)12-19-10-11-22-16-8-6-7-9-16/h14-16,19H,6-13H2,1-5H3,(H,20,21). The molecule has 5 nitrogen and oxygen atoms in total. The molecule has 1 atom stereocenters. The zero-order chi connectivity index (χ0) is 17.3. The van der Waals surface area contributed by atoms with Gasteiger partial charge in [0.15, 0.2) is 0 Å². The van der Waals surface area contributed by atoms with Crippen LogP contribution in [0.25, 0.3) is 0 Å². The lowest BCUT2D eigenvalue weighted by atomic mass is 9.96. The van der Waals surface area contributed by atoms with Gasteiger partial charge in [0.2, 0.25) is 0 Å². The lowest BCUT2D eigenvalue weighted by Gasteiger charge is -2.24. The molecule has 136 valence electrons. The number of alkyl carbamates (subject to hydrolysis) is 1. The Kier molecular flexibility index (Phi) is 8.92. The Morgan fingerprint density at radius 1 is 1.17 bits per heavy atom. The van der Waals surface area contributed by atoms with Crippen molar-refractivity contribution in [2.75, 3.05) is 26.2 Å². The van der Waals surface area contributed by atoms with Gasteiger partial charge >= 0.3 is 6.09 Å². The van der Waals surface area contributed by atoms with Gasteiger partial charge in [0, 0.05) is 13.1 Å². The van der Waals surface area contributed by atoms with Crippen molar-refractivity contribution in [3.63, 3.8) is 0 Å². The van der Waals surface area contributed by atoms with Gasteiger partial charge in [0.05, 0.1) is 12.7 Å². The topological polar surface area (TPSA) is 59.6 Å². The van der Waals surface area contributed by atoms with E-state index in [2.05, 4.69) is 24.5 Å². The highest BCUT2D eigenvalue weighted by Crippen LogP contribution is 2.20. The Morgan fingerprint density at radius 3 is 2.39 bits per heavy atom. The van der Waals surface area contributed by atoms with Crippen LogP contribution in [-0.2, 0) is 9.47 Å². The Labute approximate surface area is 141 Å². The van der Waals surface area contributed by atoms with Crippen LogP contribution in [0.4, 0.5) is 4.79 Å². The number of amides is 1. The minimum Gasteiger partial charge on any atom is -0.444 e. The first kappa shape index (κ1) is 20.2. The highest BCUT2D eigenvalue weighted by molar-refractivity contribution is 5.67. The molecule has 1 saturated carbocycles. The lowest BCUT2D eigenvalue weighted by molar-refractivity contribution is 0.0509. The molecule has 0 aromatic rings. The van der Waals surface area contributed by atoms with Gasteiger partial charge in [0.1, 0.15) is 5.60 Å². The second kappa shape index (κ2) is 10.1. The summed E-state index contributed by atoms with van der Waals surface area (Å²) in [5, 5.41) is 6.32. The number of carbonyl (C=O) groups is 1. The smallest absolute Gasteiger partial charge is 0.407 e. The minimum atomic E-state index is -0.451. The van der Waals surface area contributed by atoms with Crippen LogP contribution in [-0.4, -0.2) is 44.0 Å². The quantitative estimate of drug-likeness (QED) is 0.637. The predicted octanol–water partition coefficient (Wildman–Crippen LogP) is 3.33. The molecular weight excluding hydrogens is 292 g/mol. The average Bonchev–Trinajstić information content (AvgIpc) is 2.92. The van der Waals surface area contributed by atoms with Crippen molar-refractivity contribution >= 4 is 6.09 Å². The van der Waals surface area contributed by atoms with E-state index < -0.39 is 5.60 Å². The van der Waals surface area contributed by atoms with E-state index in [1.54, 1.807) is 0 Å². The van der Waals surface area contributed by atoms with Crippen molar-refractivity contribution in [2.24, 2.45) is 11.8 Å². The molecule has 0 aliphatic heterocycles. The van der Waals surface area contributed by atoms with Crippen molar-refractivity contribution in [1.29, 1.82) is 0 Å². The van der Waals surface area contributed by atoms with Crippen LogP contribution in [0.3, 0.4) is 0 Å². The van der Waals surface area contributed by atoms with Crippen LogP contribution in [0.15, 0.2) is 0 Å². The predicted molar refractivity (Wildman–Crippen MR) is 93.6 cm³/mol. The molecule has 1 aliphatic carbocycles. The Morgan fingerprint density at radius 2 is 1.83 bits per heavy atom. The molecule has 1 fully saturated rings. The summed E-state index contributed by atoms with van der Waals surface area (Å²) < 4.78 is 11.1. The summed E-state index contributed by atoms with van der Waals surface area (Å²) in [7, 11) is 0. The van der Waals surface area contributed by atoms with E-state index in [0.717, 1.165) is 19.7 Å². The number of ether oxygens (including phenoxy) is 2. The summed E-state index contributed by atoms with van der Waals surface area (Å²) in [6.45, 7) is 13.1. The van der Waals surface area contributed by atoms with Crippen molar-refractivity contribution in [1.82, 2.24) is 10.6 Å². The van der Waals surface area contributed by atoms with Crippen LogP contribution in [0.5, 0.6) is 0 Å². The zero-order valence-electron chi connectivity index (χ0n) is 15.6. The summed E-state index contributed by atoms with van der Waals surface area (Å²) in [6.07, 6.45) is 5.19. The van der Waals surface area contributed by atoms with Gasteiger partial charge in [-0.25, -0.2) is 4.79 Å². The molecule has 1 aliphatic rings. The van der Waals surface area contributed by atoms with Crippen LogP contribution in [0.1, 0.15) is 60.3 Å². The fourth-order valence-electron chi connectivity index (χ4n) is 2.71. The number of nitrogens with one attached hydrogen (secondary N) is 2. The van der Waals surface area contributed by atoms with Crippen LogP contribution >= 0.6 is 0 Å². The molecule has 0 radical (unpaired) electrons. The average molecular weight is 328 g/mol. The van der Waals surface area contributed by atoms with E-state index >= 15 is 0 Å². The second-order valence-electron chi connectivity index (χ2n) is 7.87. The summed E-state index contributed by atoms with van der Waals surface area (Å²) in [5.74, 6) is 0.877. The fourth-order valence-corrected chi connectivity index (χ4v) is 2.71.